The van der Waals surface area contributed by atoms with E-state index in [0.717, 1.165) is 5.30 Å². The van der Waals surface area contributed by atoms with E-state index in [0.29, 0.717) is 5.56 Å². The molecule has 0 fully saturated rings. The second-order valence-electron chi connectivity index (χ2n) is 2.70. The molecule has 4 heteroatoms. The highest BCUT2D eigenvalue weighted by Gasteiger charge is 2.36. The predicted molar refractivity (Wildman–Crippen MR) is 47.0 cm³/mol. The summed E-state index contributed by atoms with van der Waals surface area (Å²) >= 11 is 0. The topological polar surface area (TPSA) is 0 Å². The second-order valence-corrected chi connectivity index (χ2v) is 3.89. The number of rotatable bonds is 0. The lowest BCUT2D eigenvalue weighted by atomic mass is 10.2. The van der Waals surface area contributed by atoms with Crippen molar-refractivity contribution in [3.63, 3.8) is 0 Å². The summed E-state index contributed by atoms with van der Waals surface area (Å²) in [7, 11) is 0.269. The van der Waals surface area contributed by atoms with Crippen molar-refractivity contribution >= 4 is 20.0 Å². The van der Waals surface area contributed by atoms with Gasteiger partial charge in [0, 0.05) is 0 Å². The van der Waals surface area contributed by atoms with Gasteiger partial charge in [-0.05, 0) is 25.5 Å². The van der Waals surface area contributed by atoms with E-state index in [1.807, 2.05) is 0 Å². The molecule has 0 spiro atoms. The molecule has 2 rings (SSSR count). The first-order chi connectivity index (χ1) is 6.07. The molecule has 0 nitrogen and oxygen atoms in total. The SMILES string of the molecule is FC(F)(F)C1=Cc2ccccc2[P]1. The Morgan fingerprint density at radius 2 is 1.77 bits per heavy atom. The van der Waals surface area contributed by atoms with Crippen LogP contribution in [0.3, 0.4) is 0 Å². The van der Waals surface area contributed by atoms with Crippen molar-refractivity contribution in [2.24, 2.45) is 0 Å². The highest BCUT2D eigenvalue weighted by molar-refractivity contribution is 7.53. The molecular formula is C9H5F3P. The van der Waals surface area contributed by atoms with Gasteiger partial charge in [0.1, 0.15) is 0 Å². The number of fused-ring (bicyclic) bond motifs is 1. The van der Waals surface area contributed by atoms with Crippen LogP contribution in [0, 0.1) is 0 Å². The van der Waals surface area contributed by atoms with Crippen LogP contribution in [0.4, 0.5) is 13.2 Å². The van der Waals surface area contributed by atoms with Crippen LogP contribution in [-0.4, -0.2) is 6.18 Å². The van der Waals surface area contributed by atoms with Crippen LogP contribution in [0.15, 0.2) is 29.6 Å². The van der Waals surface area contributed by atoms with Crippen LogP contribution in [-0.2, 0) is 0 Å². The molecule has 0 amide bonds. The molecule has 1 heterocycles. The lowest BCUT2D eigenvalue weighted by Crippen LogP contribution is -2.07. The van der Waals surface area contributed by atoms with E-state index >= 15 is 0 Å². The van der Waals surface area contributed by atoms with Gasteiger partial charge in [0.2, 0.25) is 0 Å². The van der Waals surface area contributed by atoms with Gasteiger partial charge in [0.05, 0.1) is 5.31 Å². The van der Waals surface area contributed by atoms with E-state index in [4.69, 9.17) is 0 Å². The van der Waals surface area contributed by atoms with Crippen molar-refractivity contribution < 1.29 is 13.2 Å². The number of hydrogen-bond acceptors (Lipinski definition) is 0. The highest BCUT2D eigenvalue weighted by atomic mass is 31.1. The van der Waals surface area contributed by atoms with Gasteiger partial charge >= 0.3 is 6.18 Å². The zero-order valence-corrected chi connectivity index (χ0v) is 7.36. The smallest absolute Gasteiger partial charge is 0.166 e. The maximum Gasteiger partial charge on any atom is 0.417 e. The lowest BCUT2D eigenvalue weighted by molar-refractivity contribution is -0.0830. The van der Waals surface area contributed by atoms with E-state index in [1.54, 1.807) is 24.3 Å². The fourth-order valence-electron chi connectivity index (χ4n) is 1.17. The number of hydrogen-bond donors (Lipinski definition) is 0. The summed E-state index contributed by atoms with van der Waals surface area (Å²) in [6.07, 6.45) is -2.99. The molecule has 0 saturated heterocycles. The monoisotopic (exact) mass is 201 g/mol. The average Bonchev–Trinajstić information content (AvgIpc) is 2.45. The van der Waals surface area contributed by atoms with E-state index < -0.39 is 11.5 Å². The second kappa shape index (κ2) is 2.85. The summed E-state index contributed by atoms with van der Waals surface area (Å²) in [6.45, 7) is 0. The first-order valence-electron chi connectivity index (χ1n) is 3.67. The Morgan fingerprint density at radius 3 is 2.38 bits per heavy atom. The van der Waals surface area contributed by atoms with Crippen molar-refractivity contribution in [3.05, 3.63) is 35.1 Å². The molecule has 67 valence electrons. The molecule has 0 atom stereocenters. The summed E-state index contributed by atoms with van der Waals surface area (Å²) in [6, 6.07) is 6.90. The Hall–Kier alpha value is -0.820. The van der Waals surface area contributed by atoms with Gasteiger partial charge in [-0.15, -0.1) is 0 Å². The Balaban J connectivity index is 2.37. The number of alkyl halides is 3. The Kier molecular flexibility index (Phi) is 1.92. The van der Waals surface area contributed by atoms with E-state index in [9.17, 15) is 13.2 Å². The number of benzene rings is 1. The molecule has 0 saturated carbocycles. The summed E-state index contributed by atoms with van der Waals surface area (Å²) in [4.78, 5) is 0. The maximum atomic E-state index is 12.3. The van der Waals surface area contributed by atoms with Crippen LogP contribution in [0.5, 0.6) is 0 Å². The number of allylic oxidation sites excluding steroid dienone is 1. The molecule has 1 aliphatic rings. The standard InChI is InChI=1S/C9H5F3P/c10-9(11,12)8-5-6-3-1-2-4-7(6)13-8/h1-5H. The molecule has 1 aromatic rings. The van der Waals surface area contributed by atoms with Gasteiger partial charge in [-0.1, -0.05) is 24.3 Å². The molecule has 1 aliphatic heterocycles. The zero-order valence-electron chi connectivity index (χ0n) is 6.47. The molecule has 0 aliphatic carbocycles. The minimum atomic E-state index is -4.19. The van der Waals surface area contributed by atoms with Crippen LogP contribution in [0.25, 0.3) is 6.08 Å². The normalized spacial score (nSPS) is 17.3. The van der Waals surface area contributed by atoms with Gasteiger partial charge < -0.3 is 0 Å². The van der Waals surface area contributed by atoms with Gasteiger partial charge in [0.25, 0.3) is 0 Å². The Bertz CT molecular complexity index is 365. The van der Waals surface area contributed by atoms with E-state index in [2.05, 4.69) is 0 Å². The molecule has 1 radical (unpaired) electrons. The van der Waals surface area contributed by atoms with Crippen LogP contribution in [0.2, 0.25) is 0 Å². The zero-order chi connectivity index (χ0) is 9.47. The maximum absolute atomic E-state index is 12.3. The highest BCUT2D eigenvalue weighted by Crippen LogP contribution is 2.43. The molecular weight excluding hydrogens is 196 g/mol. The molecule has 1 aromatic carbocycles. The van der Waals surface area contributed by atoms with Crippen LogP contribution < -0.4 is 5.30 Å². The third-order valence-corrected chi connectivity index (χ3v) is 3.03. The lowest BCUT2D eigenvalue weighted by Gasteiger charge is -2.04. The van der Waals surface area contributed by atoms with Crippen molar-refractivity contribution in [2.75, 3.05) is 0 Å². The predicted octanol–water partition coefficient (Wildman–Crippen LogP) is 3.17. The van der Waals surface area contributed by atoms with Gasteiger partial charge in [0.15, 0.2) is 0 Å². The van der Waals surface area contributed by atoms with Gasteiger partial charge in [-0.25, -0.2) is 0 Å². The molecule has 0 aromatic heterocycles. The van der Waals surface area contributed by atoms with Gasteiger partial charge in [-0.2, -0.15) is 13.2 Å². The minimum Gasteiger partial charge on any atom is -0.166 e. The molecule has 13 heavy (non-hydrogen) atoms. The fourth-order valence-corrected chi connectivity index (χ4v) is 2.18. The summed E-state index contributed by atoms with van der Waals surface area (Å²) in [5.74, 6) is 0. The molecule has 0 bridgehead atoms. The summed E-state index contributed by atoms with van der Waals surface area (Å²) in [5.41, 5.74) is 0.677. The fraction of sp³-hybridized carbons (Fsp3) is 0.111. The van der Waals surface area contributed by atoms with Gasteiger partial charge in [-0.3, -0.25) is 0 Å². The first kappa shape index (κ1) is 8.76. The van der Waals surface area contributed by atoms with E-state index in [1.165, 1.54) is 6.08 Å². The van der Waals surface area contributed by atoms with E-state index in [-0.39, 0.29) is 8.58 Å². The molecule has 0 N–H and O–H groups in total. The van der Waals surface area contributed by atoms with Crippen molar-refractivity contribution in [3.8, 4) is 0 Å². The van der Waals surface area contributed by atoms with Crippen molar-refractivity contribution in [1.82, 2.24) is 0 Å². The van der Waals surface area contributed by atoms with Crippen LogP contribution in [0.1, 0.15) is 5.56 Å². The average molecular weight is 201 g/mol. The summed E-state index contributed by atoms with van der Waals surface area (Å²) < 4.78 is 36.8. The van der Waals surface area contributed by atoms with Crippen LogP contribution >= 0.6 is 8.58 Å². The van der Waals surface area contributed by atoms with Crippen molar-refractivity contribution in [1.29, 1.82) is 0 Å². The largest absolute Gasteiger partial charge is 0.417 e. The Labute approximate surface area is 75.2 Å². The molecule has 0 unspecified atom stereocenters. The first-order valence-corrected chi connectivity index (χ1v) is 4.56. The third kappa shape index (κ3) is 1.61. The quantitative estimate of drug-likeness (QED) is 0.565. The summed E-state index contributed by atoms with van der Waals surface area (Å²) in [5, 5.41) is 0.253. The minimum absolute atomic E-state index is 0.269. The third-order valence-electron chi connectivity index (χ3n) is 1.76. The van der Waals surface area contributed by atoms with Crippen molar-refractivity contribution in [2.45, 2.75) is 6.18 Å². The number of halogens is 3. The Morgan fingerprint density at radius 1 is 1.08 bits per heavy atom.